The minimum Gasteiger partial charge on any atom is -0.508 e. The van der Waals surface area contributed by atoms with Crippen LogP contribution >= 0.6 is 0 Å². The van der Waals surface area contributed by atoms with Gasteiger partial charge in [0.1, 0.15) is 23.0 Å². The van der Waals surface area contributed by atoms with E-state index in [-0.39, 0.29) is 34.1 Å². The van der Waals surface area contributed by atoms with Crippen LogP contribution in [-0.2, 0) is 9.47 Å². The topological polar surface area (TPSA) is 134 Å². The molecule has 0 fully saturated rings. The lowest BCUT2D eigenvalue weighted by atomic mass is 10.0. The van der Waals surface area contributed by atoms with Gasteiger partial charge in [0.15, 0.2) is 12.2 Å². The van der Waals surface area contributed by atoms with Crippen molar-refractivity contribution in [2.75, 3.05) is 0 Å². The van der Waals surface area contributed by atoms with E-state index in [0.29, 0.717) is 22.3 Å². The Hall–Kier alpha value is -5.76. The summed E-state index contributed by atoms with van der Waals surface area (Å²) < 4.78 is 11.7. The summed E-state index contributed by atoms with van der Waals surface area (Å²) in [5.74, 6) is -1.19. The van der Waals surface area contributed by atoms with Crippen LogP contribution in [0.1, 0.15) is 55.2 Å². The van der Waals surface area contributed by atoms with Gasteiger partial charge in [0.25, 0.3) is 0 Å². The summed E-state index contributed by atoms with van der Waals surface area (Å²) in [7, 11) is 0. The maximum absolute atomic E-state index is 13.3. The smallest absolute Gasteiger partial charge is 0.339 e. The number of rotatable bonds is 8. The Kier molecular flexibility index (Phi) is 8.06. The van der Waals surface area contributed by atoms with Gasteiger partial charge in [0, 0.05) is 0 Å². The van der Waals surface area contributed by atoms with Crippen molar-refractivity contribution in [1.29, 1.82) is 0 Å². The van der Waals surface area contributed by atoms with Crippen molar-refractivity contribution in [2.45, 2.75) is 12.2 Å². The molecule has 0 unspecified atom stereocenters. The van der Waals surface area contributed by atoms with Gasteiger partial charge in [0.2, 0.25) is 0 Å². The lowest BCUT2D eigenvalue weighted by Gasteiger charge is -2.20. The molecule has 4 N–H and O–H groups in total. The molecule has 0 saturated heterocycles. The fraction of sp³-hybridized carbons (Fsp3) is 0.0588. The summed E-state index contributed by atoms with van der Waals surface area (Å²) >= 11 is 0. The molecule has 5 aromatic rings. The van der Waals surface area contributed by atoms with Gasteiger partial charge in [-0.1, -0.05) is 54.6 Å². The number of esters is 2. The van der Waals surface area contributed by atoms with Crippen LogP contribution in [0.2, 0.25) is 0 Å². The molecule has 0 aromatic heterocycles. The van der Waals surface area contributed by atoms with E-state index in [9.17, 15) is 30.0 Å². The highest BCUT2D eigenvalue weighted by Crippen LogP contribution is 2.31. The zero-order valence-corrected chi connectivity index (χ0v) is 22.1. The highest BCUT2D eigenvalue weighted by Gasteiger charge is 2.24. The van der Waals surface area contributed by atoms with E-state index in [4.69, 9.17) is 9.47 Å². The average molecular weight is 563 g/mol. The Labute approximate surface area is 241 Å². The van der Waals surface area contributed by atoms with Gasteiger partial charge < -0.3 is 29.9 Å². The standard InChI is InChI=1S/C34H26O8/c35-27-12-4-21(5-13-27)31(22-6-14-28(36)15-7-22)41-33(39)25-2-1-3-26(20-25)34(40)42-32(23-8-16-29(37)17-9-23)24-10-18-30(38)19-11-24/h1-20,31-32,35-38H. The summed E-state index contributed by atoms with van der Waals surface area (Å²) in [5.41, 5.74) is 2.58. The molecule has 210 valence electrons. The number of aromatic hydroxyl groups is 4. The van der Waals surface area contributed by atoms with Crippen molar-refractivity contribution < 1.29 is 39.5 Å². The maximum Gasteiger partial charge on any atom is 0.339 e. The minimum atomic E-state index is -0.859. The predicted octanol–water partition coefficient (Wildman–Crippen LogP) is 6.40. The quantitative estimate of drug-likeness (QED) is 0.160. The molecule has 8 nitrogen and oxygen atoms in total. The van der Waals surface area contributed by atoms with E-state index in [1.165, 1.54) is 66.7 Å². The molecule has 5 aromatic carbocycles. The molecule has 0 aliphatic heterocycles. The molecule has 5 rings (SSSR count). The molecule has 0 atom stereocenters. The van der Waals surface area contributed by atoms with Gasteiger partial charge in [0.05, 0.1) is 11.1 Å². The molecule has 0 amide bonds. The molecule has 0 spiro atoms. The van der Waals surface area contributed by atoms with Gasteiger partial charge in [-0.25, -0.2) is 9.59 Å². The lowest BCUT2D eigenvalue weighted by Crippen LogP contribution is -2.15. The first-order chi connectivity index (χ1) is 20.3. The van der Waals surface area contributed by atoms with Crippen LogP contribution in [0.25, 0.3) is 0 Å². The molecule has 8 heteroatoms. The monoisotopic (exact) mass is 562 g/mol. The van der Waals surface area contributed by atoms with Crippen LogP contribution in [0.4, 0.5) is 0 Å². The Morgan fingerprint density at radius 3 is 0.952 bits per heavy atom. The van der Waals surface area contributed by atoms with Gasteiger partial charge in [-0.2, -0.15) is 0 Å². The van der Waals surface area contributed by atoms with Gasteiger partial charge >= 0.3 is 11.9 Å². The van der Waals surface area contributed by atoms with E-state index in [0.717, 1.165) is 0 Å². The lowest BCUT2D eigenvalue weighted by molar-refractivity contribution is 0.0376. The van der Waals surface area contributed by atoms with Crippen molar-refractivity contribution in [3.63, 3.8) is 0 Å². The highest BCUT2D eigenvalue weighted by molar-refractivity contribution is 5.95. The van der Waals surface area contributed by atoms with Crippen molar-refractivity contribution in [3.8, 4) is 23.0 Å². The van der Waals surface area contributed by atoms with Crippen LogP contribution < -0.4 is 0 Å². The first-order valence-electron chi connectivity index (χ1n) is 12.9. The van der Waals surface area contributed by atoms with E-state index < -0.39 is 24.1 Å². The third-order valence-electron chi connectivity index (χ3n) is 6.57. The zero-order chi connectivity index (χ0) is 29.6. The molecule has 0 radical (unpaired) electrons. The summed E-state index contributed by atoms with van der Waals surface area (Å²) in [4.78, 5) is 26.6. The van der Waals surface area contributed by atoms with Gasteiger partial charge in [-0.15, -0.1) is 0 Å². The normalized spacial score (nSPS) is 10.9. The van der Waals surface area contributed by atoms with E-state index in [2.05, 4.69) is 0 Å². The van der Waals surface area contributed by atoms with Gasteiger partial charge in [-0.3, -0.25) is 0 Å². The van der Waals surface area contributed by atoms with Crippen molar-refractivity contribution in [2.24, 2.45) is 0 Å². The first-order valence-corrected chi connectivity index (χ1v) is 12.9. The number of carbonyl (C=O) groups excluding carboxylic acids is 2. The molecule has 0 heterocycles. The second-order valence-electron chi connectivity index (χ2n) is 9.52. The number of hydrogen-bond acceptors (Lipinski definition) is 8. The van der Waals surface area contributed by atoms with E-state index >= 15 is 0 Å². The Balaban J connectivity index is 1.40. The summed E-state index contributed by atoms with van der Waals surface area (Å²) in [6.45, 7) is 0. The molecule has 0 saturated carbocycles. The highest BCUT2D eigenvalue weighted by atomic mass is 16.5. The number of benzene rings is 5. The first kappa shape index (κ1) is 27.8. The van der Waals surface area contributed by atoms with Crippen LogP contribution in [0.15, 0.2) is 121 Å². The second-order valence-corrected chi connectivity index (χ2v) is 9.52. The number of carbonyl (C=O) groups is 2. The molecule has 42 heavy (non-hydrogen) atoms. The Morgan fingerprint density at radius 2 is 0.690 bits per heavy atom. The molecule has 0 aliphatic carbocycles. The van der Waals surface area contributed by atoms with Crippen molar-refractivity contribution in [1.82, 2.24) is 0 Å². The van der Waals surface area contributed by atoms with Crippen molar-refractivity contribution >= 4 is 11.9 Å². The van der Waals surface area contributed by atoms with Crippen LogP contribution in [-0.4, -0.2) is 32.4 Å². The number of ether oxygens (including phenoxy) is 2. The van der Waals surface area contributed by atoms with Crippen LogP contribution in [0.3, 0.4) is 0 Å². The molecule has 0 aliphatic rings. The minimum absolute atomic E-state index is 0.0543. The number of hydrogen-bond donors (Lipinski definition) is 4. The fourth-order valence-corrected chi connectivity index (χ4v) is 4.38. The SMILES string of the molecule is O=C(OC(c1ccc(O)cc1)c1ccc(O)cc1)c1cccc(C(=O)OC(c2ccc(O)cc2)c2ccc(O)cc2)c1. The molecular formula is C34H26O8. The fourth-order valence-electron chi connectivity index (χ4n) is 4.38. The van der Waals surface area contributed by atoms with Crippen LogP contribution in [0.5, 0.6) is 23.0 Å². The zero-order valence-electron chi connectivity index (χ0n) is 22.1. The van der Waals surface area contributed by atoms with Crippen LogP contribution in [0, 0.1) is 0 Å². The third-order valence-corrected chi connectivity index (χ3v) is 6.57. The Morgan fingerprint density at radius 1 is 0.429 bits per heavy atom. The molecular weight excluding hydrogens is 536 g/mol. The van der Waals surface area contributed by atoms with Crippen molar-refractivity contribution in [3.05, 3.63) is 155 Å². The Bertz CT molecular complexity index is 1460. The van der Waals surface area contributed by atoms with E-state index in [1.54, 1.807) is 54.6 Å². The summed E-state index contributed by atoms with van der Waals surface area (Å²) in [6, 6.07) is 30.8. The summed E-state index contributed by atoms with van der Waals surface area (Å²) in [6.07, 6.45) is -1.72. The maximum atomic E-state index is 13.3. The number of phenols is 4. The van der Waals surface area contributed by atoms with E-state index in [1.807, 2.05) is 0 Å². The average Bonchev–Trinajstić information content (AvgIpc) is 3.00. The predicted molar refractivity (Wildman–Crippen MR) is 153 cm³/mol. The largest absolute Gasteiger partial charge is 0.508 e. The third kappa shape index (κ3) is 6.51. The van der Waals surface area contributed by atoms with Gasteiger partial charge in [-0.05, 0) is 89.0 Å². The second kappa shape index (κ2) is 12.2. The number of phenolic OH excluding ortho intramolecular Hbond substituents is 4. The summed E-state index contributed by atoms with van der Waals surface area (Å²) in [5, 5.41) is 38.9. The molecule has 0 bridgehead atoms.